The number of aryl methyl sites for hydroxylation is 1. The highest BCUT2D eigenvalue weighted by Crippen LogP contribution is 2.24. The molecule has 6 nitrogen and oxygen atoms in total. The molecule has 1 heterocycles. The zero-order valence-corrected chi connectivity index (χ0v) is 15.4. The van der Waals surface area contributed by atoms with Crippen LogP contribution in [0.4, 0.5) is 5.82 Å². The number of nitrogens with one attached hydrogen (secondary N) is 1. The maximum Gasteiger partial charge on any atom is 0.230 e. The van der Waals surface area contributed by atoms with Gasteiger partial charge in [0.05, 0.1) is 22.9 Å². The first kappa shape index (κ1) is 19.3. The normalized spacial score (nSPS) is 11.2. The van der Waals surface area contributed by atoms with E-state index in [1.807, 2.05) is 31.2 Å². The van der Waals surface area contributed by atoms with E-state index in [1.165, 1.54) is 11.6 Å². The van der Waals surface area contributed by atoms with E-state index in [2.05, 4.69) is 29.4 Å². The topological polar surface area (TPSA) is 116 Å². The Hall–Kier alpha value is -3.03. The zero-order chi connectivity index (χ0) is 19.1. The number of nitrogen functional groups attached to an aromatic ring is 1. The van der Waals surface area contributed by atoms with E-state index in [0.717, 1.165) is 23.7 Å². The number of rotatable bonds is 6. The van der Waals surface area contributed by atoms with E-state index in [0.29, 0.717) is 5.03 Å². The lowest BCUT2D eigenvalue weighted by Gasteiger charge is -2.15. The summed E-state index contributed by atoms with van der Waals surface area (Å²) in [6.45, 7) is 4.01. The first-order valence-electron chi connectivity index (χ1n) is 8.10. The minimum Gasteiger partial charge on any atom is -0.383 e. The van der Waals surface area contributed by atoms with Gasteiger partial charge in [0, 0.05) is 0 Å². The van der Waals surface area contributed by atoms with Gasteiger partial charge in [-0.2, -0.15) is 10.5 Å². The molecule has 0 radical (unpaired) electrons. The molecule has 1 aromatic heterocycles. The van der Waals surface area contributed by atoms with Crippen molar-refractivity contribution in [3.8, 4) is 12.1 Å². The maximum absolute atomic E-state index is 12.2. The van der Waals surface area contributed by atoms with Crippen LogP contribution in [0.2, 0.25) is 0 Å². The molecule has 1 aromatic carbocycles. The van der Waals surface area contributed by atoms with Crippen LogP contribution in [0.25, 0.3) is 0 Å². The second kappa shape index (κ2) is 8.89. The van der Waals surface area contributed by atoms with Crippen molar-refractivity contribution >= 4 is 23.5 Å². The highest BCUT2D eigenvalue weighted by atomic mass is 32.2. The first-order chi connectivity index (χ1) is 12.5. The minimum absolute atomic E-state index is 0.0544. The summed E-state index contributed by atoms with van der Waals surface area (Å²) in [7, 11) is 0. The Morgan fingerprint density at radius 3 is 2.50 bits per heavy atom. The van der Waals surface area contributed by atoms with Gasteiger partial charge in [0.15, 0.2) is 0 Å². The molecule has 3 N–H and O–H groups in total. The molecular weight excluding hydrogens is 346 g/mol. The van der Waals surface area contributed by atoms with Crippen molar-refractivity contribution in [2.75, 3.05) is 11.5 Å². The lowest BCUT2D eigenvalue weighted by molar-refractivity contribution is -0.119. The highest BCUT2D eigenvalue weighted by molar-refractivity contribution is 8.00. The number of nitriles is 2. The lowest BCUT2D eigenvalue weighted by Crippen LogP contribution is -2.28. The molecular formula is C19H19N5OS. The van der Waals surface area contributed by atoms with Crippen LogP contribution in [0.15, 0.2) is 35.4 Å². The van der Waals surface area contributed by atoms with Crippen LogP contribution in [0.3, 0.4) is 0 Å². The van der Waals surface area contributed by atoms with E-state index < -0.39 is 0 Å². The Morgan fingerprint density at radius 2 is 1.92 bits per heavy atom. The van der Waals surface area contributed by atoms with Crippen LogP contribution in [0, 0.1) is 22.7 Å². The Balaban J connectivity index is 1.99. The average molecular weight is 365 g/mol. The second-order valence-corrected chi connectivity index (χ2v) is 6.63. The number of benzene rings is 1. The summed E-state index contributed by atoms with van der Waals surface area (Å²) in [5.74, 6) is -0.0146. The van der Waals surface area contributed by atoms with Crippen LogP contribution in [-0.4, -0.2) is 16.6 Å². The van der Waals surface area contributed by atoms with E-state index in [4.69, 9.17) is 11.0 Å². The van der Waals surface area contributed by atoms with E-state index >= 15 is 0 Å². The van der Waals surface area contributed by atoms with Gasteiger partial charge in [-0.25, -0.2) is 4.98 Å². The number of carbonyl (C=O) groups is 1. The predicted octanol–water partition coefficient (Wildman–Crippen LogP) is 2.94. The standard InChI is InChI=1S/C19H19N5OS/c1-3-13-4-6-14(7-5-13)12(2)23-17(25)11-26-19-16(10-21)8-15(9-20)18(22)24-19/h4-8,12H,3,11H2,1-2H3,(H2,22,24)(H,23,25)/t12-/m0/s1. The van der Waals surface area contributed by atoms with Crippen molar-refractivity contribution < 1.29 is 4.79 Å². The number of anilines is 1. The van der Waals surface area contributed by atoms with Crippen LogP contribution in [0.5, 0.6) is 0 Å². The maximum atomic E-state index is 12.2. The van der Waals surface area contributed by atoms with Gasteiger partial charge in [-0.05, 0) is 30.5 Å². The number of aromatic nitrogens is 1. The number of carbonyl (C=O) groups excluding carboxylic acids is 1. The Bertz CT molecular complexity index is 881. The quantitative estimate of drug-likeness (QED) is 0.760. The van der Waals surface area contributed by atoms with Gasteiger partial charge in [0.1, 0.15) is 23.0 Å². The number of hydrogen-bond acceptors (Lipinski definition) is 6. The van der Waals surface area contributed by atoms with Crippen LogP contribution < -0.4 is 11.1 Å². The number of amides is 1. The number of nitrogens with zero attached hydrogens (tertiary/aromatic N) is 3. The van der Waals surface area contributed by atoms with Crippen molar-refractivity contribution in [2.24, 2.45) is 0 Å². The summed E-state index contributed by atoms with van der Waals surface area (Å²) in [5.41, 5.74) is 8.34. The summed E-state index contributed by atoms with van der Waals surface area (Å²) in [4.78, 5) is 16.3. The number of hydrogen-bond donors (Lipinski definition) is 2. The average Bonchev–Trinajstić information content (AvgIpc) is 2.66. The Labute approximate surface area is 157 Å². The predicted molar refractivity (Wildman–Crippen MR) is 101 cm³/mol. The fraction of sp³-hybridized carbons (Fsp3) is 0.263. The molecule has 0 bridgehead atoms. The molecule has 2 aromatic rings. The monoisotopic (exact) mass is 365 g/mol. The minimum atomic E-state index is -0.171. The fourth-order valence-corrected chi connectivity index (χ4v) is 3.11. The third kappa shape index (κ3) is 4.75. The zero-order valence-electron chi connectivity index (χ0n) is 14.6. The molecule has 0 unspecified atom stereocenters. The van der Waals surface area contributed by atoms with E-state index in [9.17, 15) is 10.1 Å². The molecule has 7 heteroatoms. The van der Waals surface area contributed by atoms with Crippen molar-refractivity contribution in [3.63, 3.8) is 0 Å². The molecule has 0 spiro atoms. The van der Waals surface area contributed by atoms with Crippen molar-refractivity contribution in [3.05, 3.63) is 52.6 Å². The molecule has 0 saturated heterocycles. The van der Waals surface area contributed by atoms with Gasteiger partial charge in [-0.3, -0.25) is 4.79 Å². The first-order valence-corrected chi connectivity index (χ1v) is 9.08. The van der Waals surface area contributed by atoms with Gasteiger partial charge in [-0.1, -0.05) is 43.0 Å². The molecule has 26 heavy (non-hydrogen) atoms. The van der Waals surface area contributed by atoms with Crippen molar-refractivity contribution in [1.29, 1.82) is 10.5 Å². The summed E-state index contributed by atoms with van der Waals surface area (Å²) in [6, 6.07) is 13.2. The molecule has 0 aliphatic carbocycles. The van der Waals surface area contributed by atoms with Crippen LogP contribution >= 0.6 is 11.8 Å². The van der Waals surface area contributed by atoms with Gasteiger partial charge in [0.25, 0.3) is 0 Å². The van der Waals surface area contributed by atoms with Gasteiger partial charge < -0.3 is 11.1 Å². The largest absolute Gasteiger partial charge is 0.383 e. The van der Waals surface area contributed by atoms with Gasteiger partial charge in [-0.15, -0.1) is 0 Å². The van der Waals surface area contributed by atoms with Crippen LogP contribution in [0.1, 0.15) is 42.1 Å². The van der Waals surface area contributed by atoms with Crippen molar-refractivity contribution in [2.45, 2.75) is 31.3 Å². The molecule has 0 aliphatic heterocycles. The molecule has 1 amide bonds. The lowest BCUT2D eigenvalue weighted by atomic mass is 10.1. The third-order valence-corrected chi connectivity index (χ3v) is 4.85. The Morgan fingerprint density at radius 1 is 1.27 bits per heavy atom. The number of pyridine rings is 1. The Kier molecular flexibility index (Phi) is 6.60. The molecule has 2 rings (SSSR count). The van der Waals surface area contributed by atoms with E-state index in [1.54, 1.807) is 0 Å². The number of nitrogens with two attached hydrogens (primary N) is 1. The highest BCUT2D eigenvalue weighted by Gasteiger charge is 2.14. The summed E-state index contributed by atoms with van der Waals surface area (Å²) in [6.07, 6.45) is 0.972. The SMILES string of the molecule is CCc1ccc([C@H](C)NC(=O)CSc2nc(N)c(C#N)cc2C#N)cc1. The smallest absolute Gasteiger partial charge is 0.230 e. The fourth-order valence-electron chi connectivity index (χ4n) is 2.33. The second-order valence-electron chi connectivity index (χ2n) is 5.67. The van der Waals surface area contributed by atoms with Crippen molar-refractivity contribution in [1.82, 2.24) is 10.3 Å². The number of thioether (sulfide) groups is 1. The molecule has 0 fully saturated rings. The van der Waals surface area contributed by atoms with E-state index in [-0.39, 0.29) is 34.6 Å². The van der Waals surface area contributed by atoms with Gasteiger partial charge >= 0.3 is 0 Å². The summed E-state index contributed by atoms with van der Waals surface area (Å²) < 4.78 is 0. The molecule has 0 aliphatic rings. The molecule has 132 valence electrons. The van der Waals surface area contributed by atoms with Gasteiger partial charge in [0.2, 0.25) is 5.91 Å². The third-order valence-electron chi connectivity index (χ3n) is 3.86. The molecule has 1 atom stereocenters. The summed E-state index contributed by atoms with van der Waals surface area (Å²) >= 11 is 1.12. The molecule has 0 saturated carbocycles. The summed E-state index contributed by atoms with van der Waals surface area (Å²) in [5, 5.41) is 21.4. The van der Waals surface area contributed by atoms with Crippen LogP contribution in [-0.2, 0) is 11.2 Å².